The number of oxime groups is 1. The van der Waals surface area contributed by atoms with Gasteiger partial charge in [-0.3, -0.25) is 0 Å². The zero-order chi connectivity index (χ0) is 16.1. The largest absolute Gasteiger partial charge is 0.410 e. The third-order valence-corrected chi connectivity index (χ3v) is 4.05. The Labute approximate surface area is 136 Å². The quantitative estimate of drug-likeness (QED) is 0.421. The van der Waals surface area contributed by atoms with Crippen molar-refractivity contribution >= 4 is 22.2 Å². The monoisotopic (exact) mass is 327 g/mol. The van der Waals surface area contributed by atoms with Crippen molar-refractivity contribution in [2.45, 2.75) is 6.54 Å². The van der Waals surface area contributed by atoms with Crippen molar-refractivity contribution in [2.24, 2.45) is 5.16 Å². The summed E-state index contributed by atoms with van der Waals surface area (Å²) in [7, 11) is 0. The minimum Gasteiger partial charge on any atom is -0.410 e. The Hall–Kier alpha value is -2.73. The minimum absolute atomic E-state index is 0.253. The molecule has 1 aromatic heterocycles. The van der Waals surface area contributed by atoms with E-state index in [0.717, 1.165) is 11.1 Å². The minimum atomic E-state index is -0.253. The van der Waals surface area contributed by atoms with Crippen LogP contribution in [0, 0.1) is 5.82 Å². The van der Waals surface area contributed by atoms with Crippen molar-refractivity contribution < 1.29 is 9.60 Å². The Balaban J connectivity index is 1.71. The fourth-order valence-corrected chi connectivity index (χ4v) is 2.79. The standard InChI is InChI=1S/C17H14FN3OS/c18-14-8-6-12(7-9-14)10-19-17-20-15(11-23-17)16(21-22)13-4-2-1-3-5-13/h1-9,11,22H,10H2,(H,19,20)/b21-16-. The smallest absolute Gasteiger partial charge is 0.183 e. The second kappa shape index (κ2) is 7.02. The zero-order valence-corrected chi connectivity index (χ0v) is 12.9. The van der Waals surface area contributed by atoms with Crippen LogP contribution < -0.4 is 5.32 Å². The SMILES string of the molecule is O/N=C(/c1ccccc1)c1csc(NCc2ccc(F)cc2)n1. The molecule has 23 heavy (non-hydrogen) atoms. The van der Waals surface area contributed by atoms with Crippen molar-refractivity contribution in [1.82, 2.24) is 4.98 Å². The molecule has 0 unspecified atom stereocenters. The van der Waals surface area contributed by atoms with Gasteiger partial charge < -0.3 is 10.5 Å². The lowest BCUT2D eigenvalue weighted by molar-refractivity contribution is 0.319. The summed E-state index contributed by atoms with van der Waals surface area (Å²) in [5.74, 6) is -0.253. The summed E-state index contributed by atoms with van der Waals surface area (Å²) in [4.78, 5) is 4.43. The summed E-state index contributed by atoms with van der Waals surface area (Å²) in [6, 6.07) is 15.7. The Bertz CT molecular complexity index is 800. The van der Waals surface area contributed by atoms with E-state index in [4.69, 9.17) is 0 Å². The number of thiazole rings is 1. The predicted octanol–water partition coefficient (Wildman–Crippen LogP) is 4.12. The summed E-state index contributed by atoms with van der Waals surface area (Å²) in [6.07, 6.45) is 0. The highest BCUT2D eigenvalue weighted by atomic mass is 32.1. The summed E-state index contributed by atoms with van der Waals surface area (Å²) in [5, 5.41) is 18.4. The first kappa shape index (κ1) is 15.2. The van der Waals surface area contributed by atoms with Crippen molar-refractivity contribution in [1.29, 1.82) is 0 Å². The van der Waals surface area contributed by atoms with Gasteiger partial charge in [-0.2, -0.15) is 0 Å². The molecule has 3 rings (SSSR count). The molecule has 2 N–H and O–H groups in total. The van der Waals surface area contributed by atoms with Gasteiger partial charge in [0, 0.05) is 17.5 Å². The van der Waals surface area contributed by atoms with E-state index in [0.29, 0.717) is 23.1 Å². The molecule has 0 saturated heterocycles. The molecule has 0 bridgehead atoms. The predicted molar refractivity (Wildman–Crippen MR) is 89.7 cm³/mol. The summed E-state index contributed by atoms with van der Waals surface area (Å²) in [6.45, 7) is 0.546. The van der Waals surface area contributed by atoms with Crippen LogP contribution in [0.1, 0.15) is 16.8 Å². The number of nitrogens with one attached hydrogen (secondary N) is 1. The van der Waals surface area contributed by atoms with E-state index < -0.39 is 0 Å². The molecule has 6 heteroatoms. The van der Waals surface area contributed by atoms with Crippen molar-refractivity contribution in [2.75, 3.05) is 5.32 Å². The second-order valence-corrected chi connectivity index (χ2v) is 5.69. The van der Waals surface area contributed by atoms with Crippen LogP contribution in [0.15, 0.2) is 65.1 Å². The van der Waals surface area contributed by atoms with Gasteiger partial charge in [-0.25, -0.2) is 9.37 Å². The second-order valence-electron chi connectivity index (χ2n) is 4.83. The van der Waals surface area contributed by atoms with Gasteiger partial charge in [0.05, 0.1) is 0 Å². The number of nitrogens with zero attached hydrogens (tertiary/aromatic N) is 2. The van der Waals surface area contributed by atoms with E-state index >= 15 is 0 Å². The molecule has 0 radical (unpaired) electrons. The van der Waals surface area contributed by atoms with Gasteiger partial charge in [-0.15, -0.1) is 11.3 Å². The van der Waals surface area contributed by atoms with Gasteiger partial charge in [0.15, 0.2) is 5.13 Å². The number of halogens is 1. The van der Waals surface area contributed by atoms with Gasteiger partial charge >= 0.3 is 0 Å². The zero-order valence-electron chi connectivity index (χ0n) is 12.1. The molecule has 0 aliphatic carbocycles. The fourth-order valence-electron chi connectivity index (χ4n) is 2.10. The van der Waals surface area contributed by atoms with E-state index in [2.05, 4.69) is 15.5 Å². The Morgan fingerprint density at radius 1 is 1.13 bits per heavy atom. The molecule has 2 aromatic carbocycles. The van der Waals surface area contributed by atoms with Crippen molar-refractivity contribution in [3.8, 4) is 0 Å². The number of benzene rings is 2. The molecular weight excluding hydrogens is 313 g/mol. The van der Waals surface area contributed by atoms with Crippen LogP contribution in [0.4, 0.5) is 9.52 Å². The van der Waals surface area contributed by atoms with Crippen LogP contribution >= 0.6 is 11.3 Å². The maximum atomic E-state index is 12.9. The number of anilines is 1. The highest BCUT2D eigenvalue weighted by molar-refractivity contribution is 7.13. The molecule has 0 aliphatic heterocycles. The molecular formula is C17H14FN3OS. The van der Waals surface area contributed by atoms with Gasteiger partial charge in [0.1, 0.15) is 17.2 Å². The number of rotatable bonds is 5. The Morgan fingerprint density at radius 3 is 2.57 bits per heavy atom. The summed E-state index contributed by atoms with van der Waals surface area (Å²) in [5.41, 5.74) is 2.79. The van der Waals surface area contributed by atoms with Crippen LogP contribution in [0.3, 0.4) is 0 Å². The van der Waals surface area contributed by atoms with Gasteiger partial charge in [-0.05, 0) is 17.7 Å². The van der Waals surface area contributed by atoms with Gasteiger partial charge in [0.2, 0.25) is 0 Å². The number of hydrogen-bond acceptors (Lipinski definition) is 5. The molecule has 0 spiro atoms. The Morgan fingerprint density at radius 2 is 1.87 bits per heavy atom. The first-order valence-electron chi connectivity index (χ1n) is 6.98. The van der Waals surface area contributed by atoms with Crippen molar-refractivity contribution in [3.63, 3.8) is 0 Å². The van der Waals surface area contributed by atoms with Crippen LogP contribution in [0.5, 0.6) is 0 Å². The van der Waals surface area contributed by atoms with E-state index in [1.165, 1.54) is 23.5 Å². The maximum absolute atomic E-state index is 12.9. The van der Waals surface area contributed by atoms with E-state index in [9.17, 15) is 9.60 Å². The molecule has 0 atom stereocenters. The highest BCUT2D eigenvalue weighted by Gasteiger charge is 2.11. The van der Waals surface area contributed by atoms with E-state index in [-0.39, 0.29) is 5.82 Å². The molecule has 1 heterocycles. The van der Waals surface area contributed by atoms with Crippen molar-refractivity contribution in [3.05, 3.63) is 82.6 Å². The summed E-state index contributed by atoms with van der Waals surface area (Å²) >= 11 is 1.42. The third-order valence-electron chi connectivity index (χ3n) is 3.25. The number of aromatic nitrogens is 1. The maximum Gasteiger partial charge on any atom is 0.183 e. The molecule has 0 saturated carbocycles. The molecule has 116 valence electrons. The molecule has 3 aromatic rings. The van der Waals surface area contributed by atoms with Crippen LogP contribution in [-0.4, -0.2) is 15.9 Å². The molecule has 0 fully saturated rings. The van der Waals surface area contributed by atoms with E-state index in [1.807, 2.05) is 35.7 Å². The number of hydrogen-bond donors (Lipinski definition) is 2. The Kier molecular flexibility index (Phi) is 4.63. The lowest BCUT2D eigenvalue weighted by Gasteiger charge is -2.03. The molecule has 0 amide bonds. The molecule has 4 nitrogen and oxygen atoms in total. The lowest BCUT2D eigenvalue weighted by atomic mass is 10.1. The van der Waals surface area contributed by atoms with E-state index in [1.54, 1.807) is 12.1 Å². The normalized spacial score (nSPS) is 11.4. The lowest BCUT2D eigenvalue weighted by Crippen LogP contribution is -2.05. The molecule has 0 aliphatic rings. The topological polar surface area (TPSA) is 57.5 Å². The third kappa shape index (κ3) is 3.73. The first-order chi connectivity index (χ1) is 11.3. The fraction of sp³-hybridized carbons (Fsp3) is 0.0588. The van der Waals surface area contributed by atoms with Gasteiger partial charge in [0.25, 0.3) is 0 Å². The highest BCUT2D eigenvalue weighted by Crippen LogP contribution is 2.19. The van der Waals surface area contributed by atoms with Crippen LogP contribution in [-0.2, 0) is 6.54 Å². The first-order valence-corrected chi connectivity index (χ1v) is 7.86. The van der Waals surface area contributed by atoms with Crippen LogP contribution in [0.25, 0.3) is 0 Å². The van der Waals surface area contributed by atoms with Gasteiger partial charge in [-0.1, -0.05) is 47.6 Å². The van der Waals surface area contributed by atoms with Crippen LogP contribution in [0.2, 0.25) is 0 Å². The average Bonchev–Trinajstić information content (AvgIpc) is 3.05. The average molecular weight is 327 g/mol. The summed E-state index contributed by atoms with van der Waals surface area (Å²) < 4.78 is 12.9.